The monoisotopic (exact) mass is 510 g/mol. The van der Waals surface area contributed by atoms with Gasteiger partial charge in [0.05, 0.1) is 11.6 Å². The molecule has 178 valence electrons. The molecule has 14 heteroatoms. The van der Waals surface area contributed by atoms with Gasteiger partial charge < -0.3 is 15.3 Å². The largest absolute Gasteiger partial charge is 0.480 e. The number of azide groups is 1. The van der Waals surface area contributed by atoms with Crippen LogP contribution in [0.15, 0.2) is 47.6 Å². The van der Waals surface area contributed by atoms with Gasteiger partial charge >= 0.3 is 5.97 Å². The summed E-state index contributed by atoms with van der Waals surface area (Å²) in [5, 5.41) is 21.0. The van der Waals surface area contributed by atoms with Crippen LogP contribution in [0.3, 0.4) is 0 Å². The summed E-state index contributed by atoms with van der Waals surface area (Å²) in [6.45, 7) is 0. The first-order valence-corrected chi connectivity index (χ1v) is 11.0. The highest BCUT2D eigenvalue weighted by Crippen LogP contribution is 2.39. The third-order valence-electron chi connectivity index (χ3n) is 5.74. The van der Waals surface area contributed by atoms with Gasteiger partial charge in [-0.15, -0.1) is 0 Å². The SMILES string of the molecule is CN1c2ccc(C(=O)Nc3cccc(-n4c(=S)[nH][nH]c4=S)c3)cc2C(C(=O)N=[N+]=[N-])CC1C(=O)O. The zero-order chi connectivity index (χ0) is 25.3. The Labute approximate surface area is 207 Å². The molecule has 3 aromatic rings. The van der Waals surface area contributed by atoms with Gasteiger partial charge in [0, 0.05) is 28.9 Å². The maximum atomic E-state index is 13.0. The molecule has 0 spiro atoms. The van der Waals surface area contributed by atoms with E-state index in [9.17, 15) is 19.5 Å². The number of nitrogens with one attached hydrogen (secondary N) is 3. The second-order valence-corrected chi connectivity index (χ2v) is 8.53. The third-order valence-corrected chi connectivity index (χ3v) is 6.31. The molecule has 2 amide bonds. The molecule has 1 aliphatic heterocycles. The number of aromatic amines is 2. The Morgan fingerprint density at radius 2 is 1.89 bits per heavy atom. The number of nitrogens with zero attached hydrogens (tertiary/aromatic N) is 5. The number of H-pyrrole nitrogens is 2. The van der Waals surface area contributed by atoms with E-state index in [1.165, 1.54) is 17.0 Å². The number of amides is 2. The van der Waals surface area contributed by atoms with Crippen LogP contribution in [-0.4, -0.2) is 50.7 Å². The molecule has 2 unspecified atom stereocenters. The van der Waals surface area contributed by atoms with Gasteiger partial charge in [-0.1, -0.05) is 6.07 Å². The van der Waals surface area contributed by atoms with Crippen LogP contribution >= 0.6 is 24.4 Å². The number of hydrogen-bond acceptors (Lipinski definition) is 6. The Kier molecular flexibility index (Phi) is 6.51. The van der Waals surface area contributed by atoms with Crippen molar-refractivity contribution in [3.05, 3.63) is 73.6 Å². The number of carboxylic acid groups (broad SMARTS) is 1. The standard InChI is InChI=1S/C21H18N8O4S2/c1-28-15-6-5-10(7-13(15)14(18(31)24-27-22)9-16(28)19(32)33)17(30)23-11-3-2-4-12(8-11)29-20(34)25-26-21(29)35/h2-8,14,16H,9H2,1H3,(H,23,30)(H,25,34)(H,26,35)(H,32,33). The zero-order valence-electron chi connectivity index (χ0n) is 18.1. The lowest BCUT2D eigenvalue weighted by atomic mass is 9.84. The van der Waals surface area contributed by atoms with E-state index in [2.05, 4.69) is 25.5 Å². The van der Waals surface area contributed by atoms with Crippen LogP contribution in [0, 0.1) is 9.54 Å². The van der Waals surface area contributed by atoms with E-state index in [4.69, 9.17) is 30.0 Å². The minimum atomic E-state index is -1.11. The smallest absolute Gasteiger partial charge is 0.326 e. The van der Waals surface area contributed by atoms with Gasteiger partial charge in [0.25, 0.3) is 5.91 Å². The molecule has 4 N–H and O–H groups in total. The first-order chi connectivity index (χ1) is 16.7. The molecule has 1 aliphatic rings. The molecule has 0 bridgehead atoms. The Morgan fingerprint density at radius 3 is 2.54 bits per heavy atom. The molecule has 0 fully saturated rings. The molecule has 2 atom stereocenters. The first-order valence-electron chi connectivity index (χ1n) is 10.2. The number of carboxylic acids is 1. The zero-order valence-corrected chi connectivity index (χ0v) is 19.8. The van der Waals surface area contributed by atoms with E-state index in [1.807, 2.05) is 0 Å². The van der Waals surface area contributed by atoms with Gasteiger partial charge in [-0.25, -0.2) is 4.79 Å². The van der Waals surface area contributed by atoms with Crippen LogP contribution in [0.2, 0.25) is 0 Å². The van der Waals surface area contributed by atoms with E-state index in [0.29, 0.717) is 32.2 Å². The molecule has 0 aliphatic carbocycles. The summed E-state index contributed by atoms with van der Waals surface area (Å²) in [6.07, 6.45) is -0.0957. The van der Waals surface area contributed by atoms with Gasteiger partial charge in [0.1, 0.15) is 6.04 Å². The van der Waals surface area contributed by atoms with E-state index < -0.39 is 29.7 Å². The summed E-state index contributed by atoms with van der Waals surface area (Å²) < 4.78 is 2.33. The number of carbonyl (C=O) groups is 3. The van der Waals surface area contributed by atoms with Crippen molar-refractivity contribution >= 4 is 53.6 Å². The average Bonchev–Trinajstić information content (AvgIpc) is 3.16. The number of rotatable bonds is 5. The molecular formula is C21H18N8O4S2. The van der Waals surface area contributed by atoms with Crippen LogP contribution in [0.5, 0.6) is 0 Å². The van der Waals surface area contributed by atoms with Crippen molar-refractivity contribution in [2.24, 2.45) is 5.11 Å². The van der Waals surface area contributed by atoms with Crippen molar-refractivity contribution in [1.29, 1.82) is 0 Å². The average molecular weight is 511 g/mol. The second-order valence-electron chi connectivity index (χ2n) is 7.75. The van der Waals surface area contributed by atoms with Crippen molar-refractivity contribution in [1.82, 2.24) is 14.8 Å². The topological polar surface area (TPSA) is 172 Å². The molecule has 1 aromatic heterocycles. The predicted molar refractivity (Wildman–Crippen MR) is 132 cm³/mol. The minimum absolute atomic E-state index is 0.0957. The van der Waals surface area contributed by atoms with E-state index >= 15 is 0 Å². The quantitative estimate of drug-likeness (QED) is 0.173. The summed E-state index contributed by atoms with van der Waals surface area (Å²) in [5.74, 6) is -3.36. The minimum Gasteiger partial charge on any atom is -0.480 e. The van der Waals surface area contributed by atoms with Gasteiger partial charge in [0.2, 0.25) is 5.91 Å². The number of hydrogen-bond donors (Lipinski definition) is 4. The molecular weight excluding hydrogens is 492 g/mol. The molecule has 0 saturated heterocycles. The number of aliphatic carboxylic acids is 1. The summed E-state index contributed by atoms with van der Waals surface area (Å²) in [6, 6.07) is 10.5. The lowest BCUT2D eigenvalue weighted by molar-refractivity contribution is -0.139. The van der Waals surface area contributed by atoms with E-state index in [0.717, 1.165) is 0 Å². The van der Waals surface area contributed by atoms with Crippen molar-refractivity contribution in [3.63, 3.8) is 0 Å². The number of carbonyl (C=O) groups excluding carboxylic acids is 2. The molecule has 4 rings (SSSR count). The number of likely N-dealkylation sites (N-methyl/N-ethyl adjacent to an activating group) is 1. The normalized spacial score (nSPS) is 16.7. The third kappa shape index (κ3) is 4.57. The number of aromatic nitrogens is 3. The fraction of sp³-hybridized carbons (Fsp3) is 0.190. The fourth-order valence-corrected chi connectivity index (χ4v) is 4.61. The second kappa shape index (κ2) is 9.54. The van der Waals surface area contributed by atoms with Crippen LogP contribution in [0.4, 0.5) is 11.4 Å². The molecule has 35 heavy (non-hydrogen) atoms. The van der Waals surface area contributed by atoms with Gasteiger partial charge in [-0.2, -0.15) is 0 Å². The van der Waals surface area contributed by atoms with E-state index in [1.54, 1.807) is 41.9 Å². The number of fused-ring (bicyclic) bond motifs is 1. The maximum absolute atomic E-state index is 13.0. The molecule has 0 saturated carbocycles. The van der Waals surface area contributed by atoms with Gasteiger partial charge in [-0.05, 0) is 83.5 Å². The highest BCUT2D eigenvalue weighted by atomic mass is 32.1. The highest BCUT2D eigenvalue weighted by Gasteiger charge is 2.38. The van der Waals surface area contributed by atoms with Crippen LogP contribution in [0.25, 0.3) is 16.1 Å². The van der Waals surface area contributed by atoms with Crippen molar-refractivity contribution in [3.8, 4) is 5.69 Å². The molecule has 2 aromatic carbocycles. The summed E-state index contributed by atoms with van der Waals surface area (Å²) in [4.78, 5) is 41.3. The van der Waals surface area contributed by atoms with Gasteiger partial charge in [-0.3, -0.25) is 24.4 Å². The molecule has 0 radical (unpaired) electrons. The Bertz CT molecular complexity index is 1490. The summed E-state index contributed by atoms with van der Waals surface area (Å²) >= 11 is 10.5. The lowest BCUT2D eigenvalue weighted by Gasteiger charge is -2.37. The predicted octanol–water partition coefficient (Wildman–Crippen LogP) is 4.06. The Hall–Kier alpha value is -4.26. The van der Waals surface area contributed by atoms with Crippen LogP contribution in [0.1, 0.15) is 28.3 Å². The molecule has 2 heterocycles. The Morgan fingerprint density at radius 1 is 1.17 bits per heavy atom. The van der Waals surface area contributed by atoms with E-state index in [-0.39, 0.29) is 12.0 Å². The van der Waals surface area contributed by atoms with Crippen LogP contribution < -0.4 is 10.2 Å². The maximum Gasteiger partial charge on any atom is 0.326 e. The van der Waals surface area contributed by atoms with Crippen molar-refractivity contribution in [2.45, 2.75) is 18.4 Å². The summed E-state index contributed by atoms with van der Waals surface area (Å²) in [5.41, 5.74) is 10.9. The lowest BCUT2D eigenvalue weighted by Crippen LogP contribution is -2.44. The number of anilines is 2. The van der Waals surface area contributed by atoms with Crippen molar-refractivity contribution in [2.75, 3.05) is 17.3 Å². The first kappa shape index (κ1) is 23.9. The fourth-order valence-electron chi connectivity index (χ4n) is 4.06. The van der Waals surface area contributed by atoms with Crippen LogP contribution in [-0.2, 0) is 9.59 Å². The number of benzene rings is 2. The van der Waals surface area contributed by atoms with Crippen molar-refractivity contribution < 1.29 is 19.5 Å². The van der Waals surface area contributed by atoms with Gasteiger partial charge in [0.15, 0.2) is 9.54 Å². The summed E-state index contributed by atoms with van der Waals surface area (Å²) in [7, 11) is 1.59. The highest BCUT2D eigenvalue weighted by molar-refractivity contribution is 7.72. The molecule has 12 nitrogen and oxygen atoms in total. The Balaban J connectivity index is 1.67.